The third-order valence-electron chi connectivity index (χ3n) is 3.43. The lowest BCUT2D eigenvalue weighted by Crippen LogP contribution is -2.49. The van der Waals surface area contributed by atoms with Crippen LogP contribution in [0.2, 0.25) is 10.0 Å². The fourth-order valence-corrected chi connectivity index (χ4v) is 2.83. The summed E-state index contributed by atoms with van der Waals surface area (Å²) in [5, 5.41) is 9.73. The Hall–Kier alpha value is -0.930. The highest BCUT2D eigenvalue weighted by Gasteiger charge is 2.31. The summed E-state index contributed by atoms with van der Waals surface area (Å²) >= 11 is 12.2. The smallest absolute Gasteiger partial charge is 0.335 e. The Morgan fingerprint density at radius 1 is 1.33 bits per heavy atom. The maximum Gasteiger partial charge on any atom is 0.335 e. The number of hydrogen-bond acceptors (Lipinski definition) is 2. The highest BCUT2D eigenvalue weighted by atomic mass is 35.5. The zero-order valence-electron chi connectivity index (χ0n) is 10.3. The van der Waals surface area contributed by atoms with Crippen molar-refractivity contribution >= 4 is 34.9 Å². The summed E-state index contributed by atoms with van der Waals surface area (Å²) in [6.45, 7) is 6.23. The van der Waals surface area contributed by atoms with Gasteiger partial charge in [-0.1, -0.05) is 37.0 Å². The third kappa shape index (κ3) is 2.43. The first kappa shape index (κ1) is 13.5. The van der Waals surface area contributed by atoms with Crippen LogP contribution in [0.15, 0.2) is 12.1 Å². The topological polar surface area (TPSA) is 40.5 Å². The van der Waals surface area contributed by atoms with Gasteiger partial charge < -0.3 is 10.0 Å². The van der Waals surface area contributed by atoms with Crippen LogP contribution < -0.4 is 4.90 Å². The van der Waals surface area contributed by atoms with Crippen molar-refractivity contribution in [1.29, 1.82) is 0 Å². The molecule has 1 aliphatic rings. The molecule has 0 spiro atoms. The molecule has 1 aromatic carbocycles. The van der Waals surface area contributed by atoms with Crippen LogP contribution in [0.25, 0.3) is 0 Å². The van der Waals surface area contributed by atoms with Gasteiger partial charge in [-0.2, -0.15) is 0 Å². The fraction of sp³-hybridized carbons (Fsp3) is 0.462. The zero-order chi connectivity index (χ0) is 13.4. The predicted molar refractivity (Wildman–Crippen MR) is 74.0 cm³/mol. The molecule has 1 N–H and O–H groups in total. The van der Waals surface area contributed by atoms with Gasteiger partial charge >= 0.3 is 5.97 Å². The molecule has 3 nitrogen and oxygen atoms in total. The van der Waals surface area contributed by atoms with Crippen LogP contribution in [0.5, 0.6) is 0 Å². The summed E-state index contributed by atoms with van der Waals surface area (Å²) in [5.74, 6) is 0.266. The molecule has 98 valence electrons. The average molecular weight is 288 g/mol. The standard InChI is InChI=1S/C13H15Cl2NO2/c1-7(2)9-5-16(6-9)12-10(14)3-8(13(17)18)4-11(12)15/h3-4,7,9H,5-6H2,1-2H3,(H,17,18). The first-order valence-corrected chi connectivity index (χ1v) is 6.63. The van der Waals surface area contributed by atoms with Crippen LogP contribution in [-0.4, -0.2) is 24.2 Å². The van der Waals surface area contributed by atoms with Crippen molar-refractivity contribution in [3.63, 3.8) is 0 Å². The molecule has 0 aliphatic carbocycles. The number of benzene rings is 1. The van der Waals surface area contributed by atoms with Crippen molar-refractivity contribution in [3.05, 3.63) is 27.7 Å². The highest BCUT2D eigenvalue weighted by Crippen LogP contribution is 2.39. The summed E-state index contributed by atoms with van der Waals surface area (Å²) in [7, 11) is 0. The number of carboxylic acid groups (broad SMARTS) is 1. The quantitative estimate of drug-likeness (QED) is 0.920. The molecule has 0 atom stereocenters. The first-order chi connectivity index (χ1) is 8.40. The summed E-state index contributed by atoms with van der Waals surface area (Å²) in [6.07, 6.45) is 0. The molecule has 1 aromatic rings. The Kier molecular flexibility index (Phi) is 3.74. The second-order valence-corrected chi connectivity index (χ2v) is 5.82. The molecule has 0 bridgehead atoms. The second kappa shape index (κ2) is 4.98. The summed E-state index contributed by atoms with van der Waals surface area (Å²) in [6, 6.07) is 2.90. The average Bonchev–Trinajstić information content (AvgIpc) is 2.18. The molecule has 0 radical (unpaired) electrons. The van der Waals surface area contributed by atoms with Crippen molar-refractivity contribution in [2.24, 2.45) is 11.8 Å². The number of nitrogens with zero attached hydrogens (tertiary/aromatic N) is 1. The van der Waals surface area contributed by atoms with Crippen LogP contribution in [0, 0.1) is 11.8 Å². The molecule has 2 rings (SSSR count). The van der Waals surface area contributed by atoms with Crippen molar-refractivity contribution < 1.29 is 9.90 Å². The van der Waals surface area contributed by atoms with Gasteiger partial charge in [-0.25, -0.2) is 4.79 Å². The molecule has 1 fully saturated rings. The Labute approximate surface area is 116 Å². The van der Waals surface area contributed by atoms with E-state index in [0.29, 0.717) is 21.9 Å². The third-order valence-corrected chi connectivity index (χ3v) is 4.01. The Morgan fingerprint density at radius 3 is 2.22 bits per heavy atom. The lowest BCUT2D eigenvalue weighted by molar-refractivity contribution is 0.0697. The van der Waals surface area contributed by atoms with E-state index in [9.17, 15) is 4.79 Å². The molecule has 0 unspecified atom stereocenters. The number of aromatic carboxylic acids is 1. The van der Waals surface area contributed by atoms with Gasteiger partial charge in [-0.15, -0.1) is 0 Å². The van der Waals surface area contributed by atoms with Gasteiger partial charge in [0.2, 0.25) is 0 Å². The lowest BCUT2D eigenvalue weighted by Gasteiger charge is -2.44. The fourth-order valence-electron chi connectivity index (χ4n) is 2.11. The monoisotopic (exact) mass is 287 g/mol. The highest BCUT2D eigenvalue weighted by molar-refractivity contribution is 6.39. The summed E-state index contributed by atoms with van der Waals surface area (Å²) in [5.41, 5.74) is 0.870. The van der Waals surface area contributed by atoms with Crippen LogP contribution >= 0.6 is 23.2 Å². The van der Waals surface area contributed by atoms with Gasteiger partial charge in [0.1, 0.15) is 0 Å². The van der Waals surface area contributed by atoms with Gasteiger partial charge in [-0.05, 0) is 24.0 Å². The Bertz CT molecular complexity index is 459. The summed E-state index contributed by atoms with van der Waals surface area (Å²) in [4.78, 5) is 13.0. The molecule has 1 heterocycles. The van der Waals surface area contributed by atoms with Crippen molar-refractivity contribution in [1.82, 2.24) is 0 Å². The van der Waals surface area contributed by atoms with E-state index in [4.69, 9.17) is 28.3 Å². The van der Waals surface area contributed by atoms with Crippen LogP contribution in [0.1, 0.15) is 24.2 Å². The van der Waals surface area contributed by atoms with Gasteiger partial charge in [0.05, 0.1) is 21.3 Å². The molecule has 0 amide bonds. The maximum atomic E-state index is 10.9. The van der Waals surface area contributed by atoms with E-state index < -0.39 is 5.97 Å². The van der Waals surface area contributed by atoms with E-state index in [1.165, 1.54) is 12.1 Å². The van der Waals surface area contributed by atoms with E-state index in [1.54, 1.807) is 0 Å². The lowest BCUT2D eigenvalue weighted by atomic mass is 9.88. The zero-order valence-corrected chi connectivity index (χ0v) is 11.8. The van der Waals surface area contributed by atoms with Crippen molar-refractivity contribution in [2.45, 2.75) is 13.8 Å². The number of halogens is 2. The number of rotatable bonds is 3. The number of anilines is 1. The molecule has 0 aromatic heterocycles. The molecule has 1 aliphatic heterocycles. The van der Waals surface area contributed by atoms with E-state index in [-0.39, 0.29) is 5.56 Å². The van der Waals surface area contributed by atoms with Gasteiger partial charge in [0, 0.05) is 13.1 Å². The molecular formula is C13H15Cl2NO2. The summed E-state index contributed by atoms with van der Waals surface area (Å²) < 4.78 is 0. The van der Waals surface area contributed by atoms with Gasteiger partial charge in [-0.3, -0.25) is 0 Å². The molecule has 1 saturated heterocycles. The molecular weight excluding hydrogens is 273 g/mol. The second-order valence-electron chi connectivity index (χ2n) is 5.00. The van der Waals surface area contributed by atoms with Gasteiger partial charge in [0.15, 0.2) is 0 Å². The maximum absolute atomic E-state index is 10.9. The number of carbonyl (C=O) groups is 1. The molecule has 0 saturated carbocycles. The van der Waals surface area contributed by atoms with Crippen LogP contribution in [0.4, 0.5) is 5.69 Å². The molecule has 18 heavy (non-hydrogen) atoms. The largest absolute Gasteiger partial charge is 0.478 e. The minimum Gasteiger partial charge on any atom is -0.478 e. The Morgan fingerprint density at radius 2 is 1.83 bits per heavy atom. The van der Waals surface area contributed by atoms with E-state index >= 15 is 0 Å². The number of hydrogen-bond donors (Lipinski definition) is 1. The minimum atomic E-state index is -1.02. The molecule has 5 heteroatoms. The first-order valence-electron chi connectivity index (χ1n) is 5.87. The minimum absolute atomic E-state index is 0.120. The number of carboxylic acids is 1. The van der Waals surface area contributed by atoms with E-state index in [0.717, 1.165) is 18.8 Å². The SMILES string of the molecule is CC(C)C1CN(c2c(Cl)cc(C(=O)O)cc2Cl)C1. The van der Waals surface area contributed by atoms with Crippen LogP contribution in [-0.2, 0) is 0 Å². The van der Waals surface area contributed by atoms with E-state index in [2.05, 4.69) is 18.7 Å². The normalized spacial score (nSPS) is 15.9. The van der Waals surface area contributed by atoms with Crippen molar-refractivity contribution in [2.75, 3.05) is 18.0 Å². The van der Waals surface area contributed by atoms with Gasteiger partial charge in [0.25, 0.3) is 0 Å². The Balaban J connectivity index is 2.23. The van der Waals surface area contributed by atoms with Crippen LogP contribution in [0.3, 0.4) is 0 Å². The predicted octanol–water partition coefficient (Wildman–Crippen LogP) is 3.78. The van der Waals surface area contributed by atoms with E-state index in [1.807, 2.05) is 0 Å². The van der Waals surface area contributed by atoms with Crippen molar-refractivity contribution in [3.8, 4) is 0 Å².